The second-order valence-corrected chi connectivity index (χ2v) is 5.65. The first-order valence-electron chi connectivity index (χ1n) is 6.84. The Labute approximate surface area is 142 Å². The number of carbonyl (C=O) groups excluding carboxylic acids is 2. The highest BCUT2D eigenvalue weighted by atomic mass is 79.9. The lowest BCUT2D eigenvalue weighted by Gasteiger charge is -2.05. The van der Waals surface area contributed by atoms with E-state index in [9.17, 15) is 9.59 Å². The van der Waals surface area contributed by atoms with E-state index in [1.54, 1.807) is 37.3 Å². The van der Waals surface area contributed by atoms with Gasteiger partial charge in [0.05, 0.1) is 6.42 Å². The third-order valence-electron chi connectivity index (χ3n) is 2.79. The number of carbonyl (C=O) groups is 2. The van der Waals surface area contributed by atoms with E-state index in [-0.39, 0.29) is 18.0 Å². The summed E-state index contributed by atoms with van der Waals surface area (Å²) in [5.74, 6) is -0.626. The predicted octanol–water partition coefficient (Wildman–Crippen LogP) is 2.98. The van der Waals surface area contributed by atoms with E-state index >= 15 is 0 Å². The zero-order valence-electron chi connectivity index (χ0n) is 12.4. The SMILES string of the molecule is C/C(CC(=O)Nc1ccc(Br)cc1)=N\NC(=O)c1ccccn1. The van der Waals surface area contributed by atoms with Gasteiger partial charge in [0, 0.05) is 22.1 Å². The number of anilines is 1. The van der Waals surface area contributed by atoms with Crippen LogP contribution in [0.4, 0.5) is 5.69 Å². The summed E-state index contributed by atoms with van der Waals surface area (Å²) in [5.41, 5.74) is 3.83. The molecule has 2 amide bonds. The van der Waals surface area contributed by atoms with Crippen LogP contribution in [-0.2, 0) is 4.79 Å². The molecule has 0 aliphatic carbocycles. The molecule has 0 aliphatic heterocycles. The molecule has 0 atom stereocenters. The van der Waals surface area contributed by atoms with Gasteiger partial charge in [-0.15, -0.1) is 0 Å². The Hall–Kier alpha value is -2.54. The number of nitrogens with one attached hydrogen (secondary N) is 2. The topological polar surface area (TPSA) is 83.5 Å². The molecular weight excluding hydrogens is 360 g/mol. The molecule has 0 aliphatic rings. The smallest absolute Gasteiger partial charge is 0.289 e. The molecule has 0 unspecified atom stereocenters. The third-order valence-corrected chi connectivity index (χ3v) is 3.32. The minimum Gasteiger partial charge on any atom is -0.326 e. The number of hydrogen-bond donors (Lipinski definition) is 2. The Bertz CT molecular complexity index is 715. The van der Waals surface area contributed by atoms with Crippen LogP contribution < -0.4 is 10.7 Å². The molecule has 0 saturated carbocycles. The van der Waals surface area contributed by atoms with Gasteiger partial charge in [-0.2, -0.15) is 5.10 Å². The van der Waals surface area contributed by atoms with Crippen LogP contribution in [0.15, 0.2) is 58.2 Å². The van der Waals surface area contributed by atoms with Gasteiger partial charge < -0.3 is 5.32 Å². The van der Waals surface area contributed by atoms with Gasteiger partial charge in [-0.05, 0) is 43.3 Å². The maximum Gasteiger partial charge on any atom is 0.289 e. The molecule has 1 heterocycles. The summed E-state index contributed by atoms with van der Waals surface area (Å²) in [6, 6.07) is 12.3. The zero-order valence-corrected chi connectivity index (χ0v) is 14.0. The molecule has 0 fully saturated rings. The average molecular weight is 375 g/mol. The van der Waals surface area contributed by atoms with Crippen LogP contribution in [0.3, 0.4) is 0 Å². The molecular formula is C16H15BrN4O2. The lowest BCUT2D eigenvalue weighted by Crippen LogP contribution is -2.22. The van der Waals surface area contributed by atoms with E-state index in [1.807, 2.05) is 12.1 Å². The number of rotatable bonds is 5. The van der Waals surface area contributed by atoms with Crippen molar-refractivity contribution in [3.8, 4) is 0 Å². The molecule has 0 radical (unpaired) electrons. The van der Waals surface area contributed by atoms with Gasteiger partial charge in [-0.25, -0.2) is 5.43 Å². The Kier molecular flexibility index (Phi) is 5.99. The largest absolute Gasteiger partial charge is 0.326 e. The number of aromatic nitrogens is 1. The van der Waals surface area contributed by atoms with Gasteiger partial charge in [0.2, 0.25) is 5.91 Å². The Morgan fingerprint density at radius 3 is 2.57 bits per heavy atom. The van der Waals surface area contributed by atoms with E-state index in [0.717, 1.165) is 4.47 Å². The van der Waals surface area contributed by atoms with Crippen molar-refractivity contribution < 1.29 is 9.59 Å². The van der Waals surface area contributed by atoms with Gasteiger partial charge in [0.1, 0.15) is 5.69 Å². The van der Waals surface area contributed by atoms with Gasteiger partial charge in [-0.3, -0.25) is 14.6 Å². The molecule has 23 heavy (non-hydrogen) atoms. The van der Waals surface area contributed by atoms with Crippen molar-refractivity contribution in [2.45, 2.75) is 13.3 Å². The molecule has 1 aromatic heterocycles. The lowest BCUT2D eigenvalue weighted by atomic mass is 10.2. The second kappa shape index (κ2) is 8.19. The lowest BCUT2D eigenvalue weighted by molar-refractivity contribution is -0.115. The van der Waals surface area contributed by atoms with Crippen molar-refractivity contribution in [2.24, 2.45) is 5.10 Å². The van der Waals surface area contributed by atoms with Crippen molar-refractivity contribution in [3.05, 3.63) is 58.8 Å². The Morgan fingerprint density at radius 2 is 1.91 bits per heavy atom. The third kappa shape index (κ3) is 5.63. The summed E-state index contributed by atoms with van der Waals surface area (Å²) in [7, 11) is 0. The van der Waals surface area contributed by atoms with E-state index in [1.165, 1.54) is 6.20 Å². The van der Waals surface area contributed by atoms with Crippen LogP contribution in [0.5, 0.6) is 0 Å². The van der Waals surface area contributed by atoms with Crippen molar-refractivity contribution in [1.82, 2.24) is 10.4 Å². The first kappa shape index (κ1) is 16.8. The van der Waals surface area contributed by atoms with E-state index in [2.05, 4.69) is 36.8 Å². The van der Waals surface area contributed by atoms with Crippen LogP contribution in [0, 0.1) is 0 Å². The highest BCUT2D eigenvalue weighted by Gasteiger charge is 2.07. The average Bonchev–Trinajstić information content (AvgIpc) is 2.55. The number of halogens is 1. The van der Waals surface area contributed by atoms with Crippen LogP contribution in [0.2, 0.25) is 0 Å². The molecule has 0 saturated heterocycles. The van der Waals surface area contributed by atoms with Gasteiger partial charge in [-0.1, -0.05) is 22.0 Å². The number of hydrazone groups is 1. The monoisotopic (exact) mass is 374 g/mol. The molecule has 2 aromatic rings. The van der Waals surface area contributed by atoms with Crippen LogP contribution in [0.1, 0.15) is 23.8 Å². The first-order chi connectivity index (χ1) is 11.0. The van der Waals surface area contributed by atoms with Crippen molar-refractivity contribution in [2.75, 3.05) is 5.32 Å². The summed E-state index contributed by atoms with van der Waals surface area (Å²) in [6.07, 6.45) is 1.61. The summed E-state index contributed by atoms with van der Waals surface area (Å²) < 4.78 is 0.936. The Balaban J connectivity index is 1.85. The molecule has 2 rings (SSSR count). The van der Waals surface area contributed by atoms with Crippen molar-refractivity contribution in [1.29, 1.82) is 0 Å². The van der Waals surface area contributed by atoms with Gasteiger partial charge >= 0.3 is 0 Å². The number of benzene rings is 1. The fourth-order valence-corrected chi connectivity index (χ4v) is 1.98. The van der Waals surface area contributed by atoms with Crippen LogP contribution >= 0.6 is 15.9 Å². The quantitative estimate of drug-likeness (QED) is 0.623. The maximum atomic E-state index is 11.9. The molecule has 0 bridgehead atoms. The zero-order chi connectivity index (χ0) is 16.7. The molecule has 2 N–H and O–H groups in total. The van der Waals surface area contributed by atoms with E-state index < -0.39 is 5.91 Å². The van der Waals surface area contributed by atoms with Crippen LogP contribution in [-0.4, -0.2) is 22.5 Å². The molecule has 6 nitrogen and oxygen atoms in total. The standard InChI is InChI=1S/C16H15BrN4O2/c1-11(20-21-16(23)14-4-2-3-9-18-14)10-15(22)19-13-7-5-12(17)6-8-13/h2-9H,10H2,1H3,(H,19,22)(H,21,23)/b20-11+. The normalized spacial score (nSPS) is 11.0. The first-order valence-corrected chi connectivity index (χ1v) is 7.64. The minimum absolute atomic E-state index is 0.0819. The summed E-state index contributed by atoms with van der Waals surface area (Å²) in [5, 5.41) is 6.66. The number of pyridine rings is 1. The highest BCUT2D eigenvalue weighted by Crippen LogP contribution is 2.14. The maximum absolute atomic E-state index is 11.9. The molecule has 1 aromatic carbocycles. The van der Waals surface area contributed by atoms with Crippen molar-refractivity contribution >= 4 is 39.1 Å². The number of amides is 2. The van der Waals surface area contributed by atoms with Gasteiger partial charge in [0.25, 0.3) is 5.91 Å². The summed E-state index contributed by atoms with van der Waals surface area (Å²) in [6.45, 7) is 1.67. The van der Waals surface area contributed by atoms with Crippen molar-refractivity contribution in [3.63, 3.8) is 0 Å². The fraction of sp³-hybridized carbons (Fsp3) is 0.125. The molecule has 7 heteroatoms. The highest BCUT2D eigenvalue weighted by molar-refractivity contribution is 9.10. The molecule has 118 valence electrons. The van der Waals surface area contributed by atoms with E-state index in [4.69, 9.17) is 0 Å². The predicted molar refractivity (Wildman–Crippen MR) is 92.2 cm³/mol. The summed E-state index contributed by atoms with van der Waals surface area (Å²) >= 11 is 3.33. The van der Waals surface area contributed by atoms with E-state index in [0.29, 0.717) is 11.4 Å². The summed E-state index contributed by atoms with van der Waals surface area (Å²) in [4.78, 5) is 27.6. The van der Waals surface area contributed by atoms with Crippen LogP contribution in [0.25, 0.3) is 0 Å². The number of hydrogen-bond acceptors (Lipinski definition) is 4. The molecule has 0 spiro atoms. The second-order valence-electron chi connectivity index (χ2n) is 4.73. The fourth-order valence-electron chi connectivity index (χ4n) is 1.71. The minimum atomic E-state index is -0.418. The Morgan fingerprint density at radius 1 is 1.17 bits per heavy atom. The van der Waals surface area contributed by atoms with Gasteiger partial charge in [0.15, 0.2) is 0 Å². The number of nitrogens with zero attached hydrogens (tertiary/aromatic N) is 2.